The van der Waals surface area contributed by atoms with Gasteiger partial charge in [0.15, 0.2) is 5.82 Å². The van der Waals surface area contributed by atoms with E-state index in [0.29, 0.717) is 12.6 Å². The minimum absolute atomic E-state index is 0.239. The van der Waals surface area contributed by atoms with Gasteiger partial charge in [-0.2, -0.15) is 10.2 Å². The van der Waals surface area contributed by atoms with Crippen LogP contribution in [0.1, 0.15) is 24.0 Å². The van der Waals surface area contributed by atoms with Crippen LogP contribution in [0, 0.1) is 5.82 Å². The molecule has 3 N–H and O–H groups in total. The largest absolute Gasteiger partial charge is 0.338 e. The molecule has 2 aromatic carbocycles. The second-order valence-corrected chi connectivity index (χ2v) is 9.00. The van der Waals surface area contributed by atoms with E-state index in [4.69, 9.17) is 0 Å². The van der Waals surface area contributed by atoms with Gasteiger partial charge in [0, 0.05) is 36.4 Å². The third kappa shape index (κ3) is 4.60. The number of hydrogen-bond donors (Lipinski definition) is 3. The SMILES string of the molecule is Fc1cccc(Cn2ncc3cc(Nc4ncnn5ccc(CNC6CCCNC6)c45)ccc32)c1. The highest BCUT2D eigenvalue weighted by atomic mass is 19.1. The molecule has 0 spiro atoms. The number of aromatic nitrogens is 5. The first-order valence-electron chi connectivity index (χ1n) is 12.0. The number of benzene rings is 2. The van der Waals surface area contributed by atoms with E-state index < -0.39 is 0 Å². The summed E-state index contributed by atoms with van der Waals surface area (Å²) < 4.78 is 17.3. The van der Waals surface area contributed by atoms with Crippen molar-refractivity contribution in [2.75, 3.05) is 18.4 Å². The zero-order valence-corrected chi connectivity index (χ0v) is 19.3. The molecule has 1 aliphatic heterocycles. The molecule has 1 fully saturated rings. The molecule has 3 aromatic heterocycles. The smallest absolute Gasteiger partial charge is 0.158 e. The van der Waals surface area contributed by atoms with Crippen LogP contribution in [0.25, 0.3) is 16.4 Å². The van der Waals surface area contributed by atoms with Crippen LogP contribution in [0.2, 0.25) is 0 Å². The van der Waals surface area contributed by atoms with Crippen molar-refractivity contribution < 1.29 is 4.39 Å². The fourth-order valence-electron chi connectivity index (χ4n) is 4.77. The standard InChI is InChI=1S/C26H27FN8/c27-21-4-1-3-18(11-21)16-35-24-7-6-22(12-20(24)14-31-35)33-26-25-19(8-10-34(25)32-17-30-26)13-29-23-5-2-9-28-15-23/h1,3-4,6-8,10-12,14,17,23,28-29H,2,5,9,13,15-16H2,(H,30,32,33). The Labute approximate surface area is 202 Å². The number of nitrogens with zero attached hydrogens (tertiary/aromatic N) is 5. The van der Waals surface area contributed by atoms with Crippen molar-refractivity contribution in [2.45, 2.75) is 32.0 Å². The number of fused-ring (bicyclic) bond motifs is 2. The molecule has 1 saturated heterocycles. The Bertz CT molecular complexity index is 1470. The monoisotopic (exact) mass is 470 g/mol. The van der Waals surface area contributed by atoms with E-state index in [1.54, 1.807) is 18.5 Å². The maximum Gasteiger partial charge on any atom is 0.158 e. The Morgan fingerprint density at radius 1 is 1.11 bits per heavy atom. The van der Waals surface area contributed by atoms with Gasteiger partial charge in [-0.05, 0) is 66.9 Å². The zero-order valence-electron chi connectivity index (χ0n) is 19.3. The van der Waals surface area contributed by atoms with Crippen LogP contribution in [-0.4, -0.2) is 43.5 Å². The Hall–Kier alpha value is -3.82. The van der Waals surface area contributed by atoms with Crippen LogP contribution < -0.4 is 16.0 Å². The number of rotatable bonds is 7. The molecule has 4 heterocycles. The third-order valence-corrected chi connectivity index (χ3v) is 6.54. The lowest BCUT2D eigenvalue weighted by molar-refractivity contribution is 0.389. The Kier molecular flexibility index (Phi) is 5.85. The molecule has 0 amide bonds. The first-order chi connectivity index (χ1) is 17.2. The minimum atomic E-state index is -0.239. The van der Waals surface area contributed by atoms with Crippen molar-refractivity contribution >= 4 is 27.9 Å². The van der Waals surface area contributed by atoms with Gasteiger partial charge in [-0.25, -0.2) is 13.9 Å². The van der Waals surface area contributed by atoms with Crippen molar-refractivity contribution in [1.29, 1.82) is 0 Å². The fraction of sp³-hybridized carbons (Fsp3) is 0.269. The van der Waals surface area contributed by atoms with E-state index in [9.17, 15) is 4.39 Å². The van der Waals surface area contributed by atoms with Crippen molar-refractivity contribution in [3.05, 3.63) is 84.2 Å². The van der Waals surface area contributed by atoms with Crippen molar-refractivity contribution in [1.82, 2.24) is 35.0 Å². The maximum absolute atomic E-state index is 13.6. The van der Waals surface area contributed by atoms with E-state index in [2.05, 4.69) is 43.3 Å². The molecule has 6 rings (SSSR count). The molecular weight excluding hydrogens is 443 g/mol. The molecule has 5 aromatic rings. The van der Waals surface area contributed by atoms with Crippen LogP contribution in [0.3, 0.4) is 0 Å². The summed E-state index contributed by atoms with van der Waals surface area (Å²) in [6, 6.07) is 15.3. The highest BCUT2D eigenvalue weighted by molar-refractivity contribution is 5.85. The Morgan fingerprint density at radius 2 is 2.09 bits per heavy atom. The average Bonchev–Trinajstić information content (AvgIpc) is 3.48. The van der Waals surface area contributed by atoms with E-state index in [1.165, 1.54) is 18.9 Å². The first-order valence-corrected chi connectivity index (χ1v) is 12.0. The summed E-state index contributed by atoms with van der Waals surface area (Å²) in [6.07, 6.45) is 7.75. The van der Waals surface area contributed by atoms with Gasteiger partial charge in [0.05, 0.1) is 18.3 Å². The number of anilines is 2. The van der Waals surface area contributed by atoms with E-state index in [1.807, 2.05) is 39.8 Å². The van der Waals surface area contributed by atoms with Crippen LogP contribution in [0.4, 0.5) is 15.9 Å². The molecule has 35 heavy (non-hydrogen) atoms. The molecule has 0 saturated carbocycles. The van der Waals surface area contributed by atoms with Gasteiger partial charge in [0.25, 0.3) is 0 Å². The van der Waals surface area contributed by atoms with Crippen LogP contribution in [0.5, 0.6) is 0 Å². The number of nitrogens with one attached hydrogen (secondary N) is 3. The molecule has 8 nitrogen and oxygen atoms in total. The van der Waals surface area contributed by atoms with Gasteiger partial charge in [0.2, 0.25) is 0 Å². The summed E-state index contributed by atoms with van der Waals surface area (Å²) in [6.45, 7) is 3.37. The Balaban J connectivity index is 1.23. The summed E-state index contributed by atoms with van der Waals surface area (Å²) in [7, 11) is 0. The molecule has 178 valence electrons. The minimum Gasteiger partial charge on any atom is -0.338 e. The highest BCUT2D eigenvalue weighted by Gasteiger charge is 2.15. The van der Waals surface area contributed by atoms with Gasteiger partial charge in [0.1, 0.15) is 17.7 Å². The van der Waals surface area contributed by atoms with E-state index >= 15 is 0 Å². The summed E-state index contributed by atoms with van der Waals surface area (Å²) in [5, 5.41) is 20.5. The number of piperidine rings is 1. The quantitative estimate of drug-likeness (QED) is 0.335. The van der Waals surface area contributed by atoms with Crippen LogP contribution >= 0.6 is 0 Å². The lowest BCUT2D eigenvalue weighted by Crippen LogP contribution is -2.42. The molecule has 9 heteroatoms. The second kappa shape index (κ2) is 9.44. The third-order valence-electron chi connectivity index (χ3n) is 6.54. The molecule has 1 aliphatic rings. The van der Waals surface area contributed by atoms with Crippen LogP contribution in [-0.2, 0) is 13.1 Å². The molecule has 0 aliphatic carbocycles. The van der Waals surface area contributed by atoms with Gasteiger partial charge in [-0.3, -0.25) is 4.68 Å². The zero-order chi connectivity index (χ0) is 23.6. The van der Waals surface area contributed by atoms with Gasteiger partial charge in [-0.15, -0.1) is 0 Å². The van der Waals surface area contributed by atoms with E-state index in [0.717, 1.165) is 58.7 Å². The van der Waals surface area contributed by atoms with Gasteiger partial charge >= 0.3 is 0 Å². The van der Waals surface area contributed by atoms with Gasteiger partial charge in [-0.1, -0.05) is 12.1 Å². The first kappa shape index (κ1) is 21.7. The van der Waals surface area contributed by atoms with Crippen molar-refractivity contribution in [3.8, 4) is 0 Å². The average molecular weight is 471 g/mol. The lowest BCUT2D eigenvalue weighted by Gasteiger charge is -2.23. The number of hydrogen-bond acceptors (Lipinski definition) is 6. The summed E-state index contributed by atoms with van der Waals surface area (Å²) in [5.74, 6) is 0.520. The maximum atomic E-state index is 13.6. The topological polar surface area (TPSA) is 84.1 Å². The van der Waals surface area contributed by atoms with Crippen LogP contribution in [0.15, 0.2) is 67.3 Å². The normalized spacial score (nSPS) is 16.2. The second-order valence-electron chi connectivity index (χ2n) is 9.00. The lowest BCUT2D eigenvalue weighted by atomic mass is 10.1. The molecule has 0 radical (unpaired) electrons. The molecular formula is C26H27FN8. The predicted octanol–water partition coefficient (Wildman–Crippen LogP) is 3.85. The molecule has 1 unspecified atom stereocenters. The molecule has 0 bridgehead atoms. The summed E-state index contributed by atoms with van der Waals surface area (Å²) in [5.41, 5.74) is 4.90. The highest BCUT2D eigenvalue weighted by Crippen LogP contribution is 2.26. The predicted molar refractivity (Wildman–Crippen MR) is 134 cm³/mol. The van der Waals surface area contributed by atoms with E-state index in [-0.39, 0.29) is 5.82 Å². The van der Waals surface area contributed by atoms with Gasteiger partial charge < -0.3 is 16.0 Å². The fourth-order valence-corrected chi connectivity index (χ4v) is 4.77. The summed E-state index contributed by atoms with van der Waals surface area (Å²) >= 11 is 0. The number of halogens is 1. The Morgan fingerprint density at radius 3 is 2.97 bits per heavy atom. The van der Waals surface area contributed by atoms with Crippen molar-refractivity contribution in [2.24, 2.45) is 0 Å². The molecule has 1 atom stereocenters. The summed E-state index contributed by atoms with van der Waals surface area (Å²) in [4.78, 5) is 4.54. The van der Waals surface area contributed by atoms with Crippen molar-refractivity contribution in [3.63, 3.8) is 0 Å².